The van der Waals surface area contributed by atoms with E-state index in [0.717, 1.165) is 17.7 Å². The summed E-state index contributed by atoms with van der Waals surface area (Å²) < 4.78 is 6.72. The molecular formula is C12H16N4O2. The smallest absolute Gasteiger partial charge is 0.251 e. The van der Waals surface area contributed by atoms with Gasteiger partial charge in [-0.2, -0.15) is 5.10 Å². The highest BCUT2D eigenvalue weighted by atomic mass is 16.5. The lowest BCUT2D eigenvalue weighted by atomic mass is 10.2. The van der Waals surface area contributed by atoms with Crippen LogP contribution in [0.4, 0.5) is 0 Å². The Morgan fingerprint density at radius 2 is 2.28 bits per heavy atom. The van der Waals surface area contributed by atoms with Crippen molar-refractivity contribution in [2.75, 3.05) is 7.11 Å². The number of hydrogen-bond acceptors (Lipinski definition) is 4. The summed E-state index contributed by atoms with van der Waals surface area (Å²) in [5, 5.41) is 4.33. The van der Waals surface area contributed by atoms with Gasteiger partial charge in [-0.3, -0.25) is 9.48 Å². The van der Waals surface area contributed by atoms with Gasteiger partial charge in [-0.25, -0.2) is 4.98 Å². The quantitative estimate of drug-likeness (QED) is 0.871. The molecule has 1 N–H and O–H groups in total. The molecule has 2 aromatic heterocycles. The number of aryl methyl sites for hydroxylation is 2. The lowest BCUT2D eigenvalue weighted by Crippen LogP contribution is -2.11. The van der Waals surface area contributed by atoms with Gasteiger partial charge in [-0.05, 0) is 6.42 Å². The van der Waals surface area contributed by atoms with Crippen molar-refractivity contribution in [1.29, 1.82) is 0 Å². The topological polar surface area (TPSA) is 72.8 Å². The summed E-state index contributed by atoms with van der Waals surface area (Å²) in [6.45, 7) is 2.33. The Balaban J connectivity index is 2.52. The van der Waals surface area contributed by atoms with Crippen molar-refractivity contribution >= 4 is 0 Å². The van der Waals surface area contributed by atoms with E-state index in [2.05, 4.69) is 15.1 Å². The number of aromatic amines is 1. The molecule has 0 aromatic carbocycles. The number of hydrogen-bond donors (Lipinski definition) is 1. The number of nitrogens with zero attached hydrogens (tertiary/aromatic N) is 3. The van der Waals surface area contributed by atoms with Gasteiger partial charge in [0.25, 0.3) is 5.56 Å². The highest BCUT2D eigenvalue weighted by Gasteiger charge is 2.11. The summed E-state index contributed by atoms with van der Waals surface area (Å²) in [5.41, 5.74) is 2.20. The molecule has 0 atom stereocenters. The van der Waals surface area contributed by atoms with E-state index in [1.807, 2.05) is 20.2 Å². The minimum absolute atomic E-state index is 0.182. The molecule has 18 heavy (non-hydrogen) atoms. The second kappa shape index (κ2) is 5.14. The second-order valence-electron chi connectivity index (χ2n) is 4.04. The van der Waals surface area contributed by atoms with Gasteiger partial charge in [-0.1, -0.05) is 6.92 Å². The fourth-order valence-corrected chi connectivity index (χ4v) is 1.85. The molecule has 0 aliphatic heterocycles. The maximum atomic E-state index is 11.6. The molecule has 0 unspecified atom stereocenters. The molecule has 6 heteroatoms. The third-order valence-electron chi connectivity index (χ3n) is 2.58. The predicted molar refractivity (Wildman–Crippen MR) is 67.2 cm³/mol. The molecule has 0 saturated carbocycles. The van der Waals surface area contributed by atoms with Crippen molar-refractivity contribution in [3.05, 3.63) is 34.0 Å². The molecule has 0 saturated heterocycles. The molecule has 0 amide bonds. The van der Waals surface area contributed by atoms with E-state index in [-0.39, 0.29) is 5.56 Å². The molecule has 0 spiro atoms. The fourth-order valence-electron chi connectivity index (χ4n) is 1.85. The van der Waals surface area contributed by atoms with Crippen molar-refractivity contribution in [2.45, 2.75) is 20.0 Å². The van der Waals surface area contributed by atoms with Crippen LogP contribution in [0.5, 0.6) is 0 Å². The lowest BCUT2D eigenvalue weighted by molar-refractivity contribution is 0.181. The monoisotopic (exact) mass is 248 g/mol. The van der Waals surface area contributed by atoms with E-state index in [9.17, 15) is 4.79 Å². The molecule has 6 nitrogen and oxygen atoms in total. The number of methoxy groups -OCH3 is 1. The van der Waals surface area contributed by atoms with E-state index in [1.165, 1.54) is 6.07 Å². The normalized spacial score (nSPS) is 10.8. The van der Waals surface area contributed by atoms with Crippen LogP contribution in [-0.4, -0.2) is 26.9 Å². The Labute approximate surface area is 105 Å². The molecular weight excluding hydrogens is 232 g/mol. The van der Waals surface area contributed by atoms with Crippen LogP contribution in [0.1, 0.15) is 18.3 Å². The zero-order chi connectivity index (χ0) is 13.1. The molecule has 0 fully saturated rings. The van der Waals surface area contributed by atoms with E-state index >= 15 is 0 Å². The predicted octanol–water partition coefficient (Wildman–Crippen LogP) is 0.879. The average Bonchev–Trinajstić information content (AvgIpc) is 2.70. The minimum atomic E-state index is -0.182. The maximum absolute atomic E-state index is 11.6. The van der Waals surface area contributed by atoms with Crippen molar-refractivity contribution in [3.8, 4) is 11.4 Å². The first-order valence-electron chi connectivity index (χ1n) is 5.76. The molecule has 2 aromatic rings. The van der Waals surface area contributed by atoms with Crippen molar-refractivity contribution < 1.29 is 4.74 Å². The third-order valence-corrected chi connectivity index (χ3v) is 2.58. The SMILES string of the molecule is CCc1nn(C)cc1-c1nc(COC)cc(=O)[nH]1. The highest BCUT2D eigenvalue weighted by Crippen LogP contribution is 2.18. The van der Waals surface area contributed by atoms with E-state index in [0.29, 0.717) is 18.1 Å². The van der Waals surface area contributed by atoms with Gasteiger partial charge in [0.1, 0.15) is 5.82 Å². The average molecular weight is 248 g/mol. The van der Waals surface area contributed by atoms with Crippen molar-refractivity contribution in [1.82, 2.24) is 19.7 Å². The Kier molecular flexibility index (Phi) is 3.57. The van der Waals surface area contributed by atoms with Gasteiger partial charge in [0.05, 0.1) is 23.6 Å². The van der Waals surface area contributed by atoms with Gasteiger partial charge in [-0.15, -0.1) is 0 Å². The Bertz CT molecular complexity index is 600. The van der Waals surface area contributed by atoms with Gasteiger partial charge in [0.2, 0.25) is 0 Å². The Morgan fingerprint density at radius 3 is 2.94 bits per heavy atom. The van der Waals surface area contributed by atoms with Crippen LogP contribution < -0.4 is 5.56 Å². The number of rotatable bonds is 4. The minimum Gasteiger partial charge on any atom is -0.378 e. The Morgan fingerprint density at radius 1 is 1.50 bits per heavy atom. The summed E-state index contributed by atoms with van der Waals surface area (Å²) in [7, 11) is 3.42. The fraction of sp³-hybridized carbons (Fsp3) is 0.417. The van der Waals surface area contributed by atoms with E-state index in [1.54, 1.807) is 11.8 Å². The molecule has 2 rings (SSSR count). The zero-order valence-electron chi connectivity index (χ0n) is 10.7. The zero-order valence-corrected chi connectivity index (χ0v) is 10.7. The molecule has 0 aliphatic carbocycles. The van der Waals surface area contributed by atoms with Crippen LogP contribution >= 0.6 is 0 Å². The summed E-state index contributed by atoms with van der Waals surface area (Å²) in [5.74, 6) is 0.541. The first-order valence-corrected chi connectivity index (χ1v) is 5.76. The number of aromatic nitrogens is 4. The van der Waals surface area contributed by atoms with E-state index in [4.69, 9.17) is 4.74 Å². The molecule has 0 radical (unpaired) electrons. The highest BCUT2D eigenvalue weighted by molar-refractivity contribution is 5.57. The van der Waals surface area contributed by atoms with Crippen molar-refractivity contribution in [2.24, 2.45) is 7.05 Å². The third kappa shape index (κ3) is 2.48. The summed E-state index contributed by atoms with van der Waals surface area (Å²) in [4.78, 5) is 18.7. The first-order chi connectivity index (χ1) is 8.63. The van der Waals surface area contributed by atoms with Gasteiger partial charge < -0.3 is 9.72 Å². The number of nitrogens with one attached hydrogen (secondary N) is 1. The van der Waals surface area contributed by atoms with Crippen molar-refractivity contribution in [3.63, 3.8) is 0 Å². The maximum Gasteiger partial charge on any atom is 0.251 e. The molecule has 2 heterocycles. The molecule has 96 valence electrons. The van der Waals surface area contributed by atoms with Crippen LogP contribution in [-0.2, 0) is 24.8 Å². The van der Waals surface area contributed by atoms with Gasteiger partial charge in [0.15, 0.2) is 0 Å². The summed E-state index contributed by atoms with van der Waals surface area (Å²) in [6.07, 6.45) is 2.64. The van der Waals surface area contributed by atoms with Crippen LogP contribution in [0.2, 0.25) is 0 Å². The first kappa shape index (κ1) is 12.5. The van der Waals surface area contributed by atoms with Crippen LogP contribution in [0.15, 0.2) is 17.1 Å². The molecule has 0 bridgehead atoms. The molecule has 0 aliphatic rings. The number of ether oxygens (including phenoxy) is 1. The summed E-state index contributed by atoms with van der Waals surface area (Å²) in [6, 6.07) is 1.44. The summed E-state index contributed by atoms with van der Waals surface area (Å²) >= 11 is 0. The largest absolute Gasteiger partial charge is 0.378 e. The number of H-pyrrole nitrogens is 1. The Hall–Kier alpha value is -1.95. The standard InChI is InChI=1S/C12H16N4O2/c1-4-10-9(6-16(2)15-10)12-13-8(7-18-3)5-11(17)14-12/h5-6H,4,7H2,1-3H3,(H,13,14,17). The van der Waals surface area contributed by atoms with E-state index < -0.39 is 0 Å². The van der Waals surface area contributed by atoms with Gasteiger partial charge >= 0.3 is 0 Å². The lowest BCUT2D eigenvalue weighted by Gasteiger charge is -2.03. The van der Waals surface area contributed by atoms with Crippen LogP contribution in [0.25, 0.3) is 11.4 Å². The second-order valence-corrected chi connectivity index (χ2v) is 4.04. The van der Waals surface area contributed by atoms with Crippen LogP contribution in [0, 0.1) is 0 Å². The van der Waals surface area contributed by atoms with Gasteiger partial charge in [0, 0.05) is 26.4 Å². The van der Waals surface area contributed by atoms with Crippen LogP contribution in [0.3, 0.4) is 0 Å².